The number of thiazole rings is 1. The lowest BCUT2D eigenvalue weighted by molar-refractivity contribution is -0.136. The largest absolute Gasteiger partial charge is 0.481 e. The van der Waals surface area contributed by atoms with Crippen molar-refractivity contribution in [2.75, 3.05) is 5.32 Å². The Balaban J connectivity index is 1.94. The summed E-state index contributed by atoms with van der Waals surface area (Å²) in [5.41, 5.74) is 0.644. The molecule has 1 fully saturated rings. The minimum Gasteiger partial charge on any atom is -0.481 e. The van der Waals surface area contributed by atoms with Crippen LogP contribution in [0.2, 0.25) is 0 Å². The molecule has 1 aliphatic rings. The number of hydrogen-bond donors (Lipinski definition) is 2. The number of rotatable bonds is 4. The molecule has 88 valence electrons. The molecule has 2 N–H and O–H groups in total. The molecule has 1 saturated carbocycles. The number of hydrogen-bond acceptors (Lipinski definition) is 4. The smallest absolute Gasteiger partial charge is 0.309 e. The van der Waals surface area contributed by atoms with Gasteiger partial charge < -0.3 is 10.4 Å². The number of nitrogens with zero attached hydrogens (tertiary/aromatic N) is 1. The van der Waals surface area contributed by atoms with Crippen molar-refractivity contribution in [3.63, 3.8) is 0 Å². The first-order valence-electron chi connectivity index (χ1n) is 5.58. The van der Waals surface area contributed by atoms with Gasteiger partial charge in [-0.05, 0) is 18.8 Å². The van der Waals surface area contributed by atoms with E-state index in [0.717, 1.165) is 5.13 Å². The van der Waals surface area contributed by atoms with Crippen LogP contribution >= 0.6 is 11.3 Å². The second-order valence-electron chi connectivity index (χ2n) is 4.37. The average Bonchev–Trinajstić information content (AvgIpc) is 2.77. The predicted octanol–water partition coefficient (Wildman–Crippen LogP) is 2.37. The summed E-state index contributed by atoms with van der Waals surface area (Å²) in [5, 5.41) is 14.7. The number of carboxylic acid groups (broad SMARTS) is 1. The topological polar surface area (TPSA) is 62.2 Å². The van der Waals surface area contributed by atoms with Gasteiger partial charge in [0.2, 0.25) is 0 Å². The number of anilines is 1. The highest BCUT2D eigenvalue weighted by molar-refractivity contribution is 7.13. The molecule has 0 aliphatic heterocycles. The summed E-state index contributed by atoms with van der Waals surface area (Å²) in [6, 6.07) is 0.504. The summed E-state index contributed by atoms with van der Waals surface area (Å²) >= 11 is 1.49. The highest BCUT2D eigenvalue weighted by Gasteiger charge is 2.23. The van der Waals surface area contributed by atoms with E-state index in [0.29, 0.717) is 17.7 Å². The Kier molecular flexibility index (Phi) is 3.43. The highest BCUT2D eigenvalue weighted by Crippen LogP contribution is 2.29. The monoisotopic (exact) mass is 240 g/mol. The van der Waals surface area contributed by atoms with E-state index in [1.54, 1.807) is 0 Å². The highest BCUT2D eigenvalue weighted by atomic mass is 32.1. The van der Waals surface area contributed by atoms with Crippen LogP contribution in [0.3, 0.4) is 0 Å². The third-order valence-electron chi connectivity index (χ3n) is 3.05. The van der Waals surface area contributed by atoms with Gasteiger partial charge in [-0.3, -0.25) is 4.79 Å². The van der Waals surface area contributed by atoms with Crippen LogP contribution in [0.15, 0.2) is 5.38 Å². The van der Waals surface area contributed by atoms with E-state index in [4.69, 9.17) is 5.11 Å². The third kappa shape index (κ3) is 2.72. The molecule has 2 rings (SSSR count). The predicted molar refractivity (Wildman–Crippen MR) is 63.9 cm³/mol. The zero-order valence-corrected chi connectivity index (χ0v) is 10.1. The quantitative estimate of drug-likeness (QED) is 0.848. The Morgan fingerprint density at radius 2 is 2.50 bits per heavy atom. The molecule has 0 spiro atoms. The van der Waals surface area contributed by atoms with E-state index >= 15 is 0 Å². The number of nitrogens with one attached hydrogen (secondary N) is 1. The number of aromatic nitrogens is 1. The lowest BCUT2D eigenvalue weighted by atomic mass is 10.1. The van der Waals surface area contributed by atoms with E-state index in [9.17, 15) is 4.79 Å². The van der Waals surface area contributed by atoms with E-state index in [1.807, 2.05) is 5.38 Å². The Bertz CT molecular complexity index is 378. The molecule has 16 heavy (non-hydrogen) atoms. The summed E-state index contributed by atoms with van der Waals surface area (Å²) in [7, 11) is 0. The van der Waals surface area contributed by atoms with Crippen LogP contribution in [0.4, 0.5) is 5.13 Å². The molecule has 1 aromatic rings. The Labute approximate surface area is 98.7 Å². The molecule has 0 saturated heterocycles. The Morgan fingerprint density at radius 1 is 1.69 bits per heavy atom. The summed E-state index contributed by atoms with van der Waals surface area (Å²) in [6.07, 6.45) is 3.74. The molecule has 2 unspecified atom stereocenters. The molecular weight excluding hydrogens is 224 g/mol. The van der Waals surface area contributed by atoms with Crippen molar-refractivity contribution in [2.24, 2.45) is 5.92 Å². The molecule has 1 aromatic heterocycles. The SMILES string of the molecule is CC1CCCC1Nc1nc(CC(=O)O)cs1. The molecule has 0 bridgehead atoms. The van der Waals surface area contributed by atoms with Crippen LogP contribution in [0.5, 0.6) is 0 Å². The molecule has 4 nitrogen and oxygen atoms in total. The molecule has 0 aromatic carbocycles. The fraction of sp³-hybridized carbons (Fsp3) is 0.636. The van der Waals surface area contributed by atoms with Crippen molar-refractivity contribution >= 4 is 22.4 Å². The average molecular weight is 240 g/mol. The van der Waals surface area contributed by atoms with E-state index < -0.39 is 5.97 Å². The Hall–Kier alpha value is -1.10. The molecule has 2 atom stereocenters. The van der Waals surface area contributed by atoms with Crippen molar-refractivity contribution < 1.29 is 9.90 Å². The molecule has 0 radical (unpaired) electrons. The normalized spacial score (nSPS) is 24.6. The van der Waals surface area contributed by atoms with Gasteiger partial charge >= 0.3 is 5.97 Å². The summed E-state index contributed by atoms with van der Waals surface area (Å²) in [4.78, 5) is 14.8. The van der Waals surface area contributed by atoms with Crippen LogP contribution in [-0.4, -0.2) is 22.1 Å². The summed E-state index contributed by atoms with van der Waals surface area (Å²) in [5.74, 6) is -0.141. The summed E-state index contributed by atoms with van der Waals surface area (Å²) in [6.45, 7) is 2.25. The van der Waals surface area contributed by atoms with Crippen LogP contribution in [0, 0.1) is 5.92 Å². The number of carboxylic acids is 1. The van der Waals surface area contributed by atoms with E-state index in [-0.39, 0.29) is 6.42 Å². The zero-order valence-electron chi connectivity index (χ0n) is 9.27. The van der Waals surface area contributed by atoms with Crippen molar-refractivity contribution in [2.45, 2.75) is 38.6 Å². The Morgan fingerprint density at radius 3 is 3.12 bits per heavy atom. The first kappa shape index (κ1) is 11.4. The van der Waals surface area contributed by atoms with Crippen LogP contribution in [0.1, 0.15) is 31.9 Å². The molecule has 1 heterocycles. The van der Waals surface area contributed by atoms with Gasteiger partial charge in [-0.25, -0.2) is 4.98 Å². The molecule has 0 amide bonds. The lowest BCUT2D eigenvalue weighted by Crippen LogP contribution is -2.21. The second-order valence-corrected chi connectivity index (χ2v) is 5.23. The van der Waals surface area contributed by atoms with Crippen LogP contribution < -0.4 is 5.32 Å². The van der Waals surface area contributed by atoms with Crippen LogP contribution in [0.25, 0.3) is 0 Å². The zero-order chi connectivity index (χ0) is 11.5. The van der Waals surface area contributed by atoms with Crippen molar-refractivity contribution in [3.05, 3.63) is 11.1 Å². The van der Waals surface area contributed by atoms with Crippen LogP contribution in [-0.2, 0) is 11.2 Å². The van der Waals surface area contributed by atoms with Crippen molar-refractivity contribution in [1.29, 1.82) is 0 Å². The minimum atomic E-state index is -0.828. The van der Waals surface area contributed by atoms with Gasteiger partial charge in [-0.15, -0.1) is 11.3 Å². The molecular formula is C11H16N2O2S. The van der Waals surface area contributed by atoms with Gasteiger partial charge in [0, 0.05) is 11.4 Å². The van der Waals surface area contributed by atoms with Gasteiger partial charge in [0.15, 0.2) is 5.13 Å². The van der Waals surface area contributed by atoms with Gasteiger partial charge in [0.25, 0.3) is 0 Å². The lowest BCUT2D eigenvalue weighted by Gasteiger charge is -2.15. The maximum absolute atomic E-state index is 10.5. The maximum Gasteiger partial charge on any atom is 0.309 e. The number of carbonyl (C=O) groups is 1. The molecule has 1 aliphatic carbocycles. The van der Waals surface area contributed by atoms with Crippen molar-refractivity contribution in [3.8, 4) is 0 Å². The van der Waals surface area contributed by atoms with Gasteiger partial charge in [0.05, 0.1) is 12.1 Å². The fourth-order valence-electron chi connectivity index (χ4n) is 2.13. The van der Waals surface area contributed by atoms with Gasteiger partial charge in [-0.1, -0.05) is 13.3 Å². The van der Waals surface area contributed by atoms with Crippen molar-refractivity contribution in [1.82, 2.24) is 4.98 Å². The first-order chi connectivity index (χ1) is 7.65. The first-order valence-corrected chi connectivity index (χ1v) is 6.46. The van der Waals surface area contributed by atoms with Gasteiger partial charge in [-0.2, -0.15) is 0 Å². The maximum atomic E-state index is 10.5. The van der Waals surface area contributed by atoms with E-state index in [1.165, 1.54) is 30.6 Å². The third-order valence-corrected chi connectivity index (χ3v) is 3.88. The second kappa shape index (κ2) is 4.82. The summed E-state index contributed by atoms with van der Waals surface area (Å²) < 4.78 is 0. The van der Waals surface area contributed by atoms with Gasteiger partial charge in [0.1, 0.15) is 0 Å². The molecule has 5 heteroatoms. The number of aliphatic carboxylic acids is 1. The van der Waals surface area contributed by atoms with E-state index in [2.05, 4.69) is 17.2 Å². The standard InChI is InChI=1S/C11H16N2O2S/c1-7-3-2-4-9(7)13-11-12-8(6-16-11)5-10(14)15/h6-7,9H,2-5H2,1H3,(H,12,13)(H,14,15). The fourth-order valence-corrected chi connectivity index (χ4v) is 2.90. The minimum absolute atomic E-state index is 0.0123.